The molecule has 20 heavy (non-hydrogen) atoms. The van der Waals surface area contributed by atoms with Crippen LogP contribution in [-0.4, -0.2) is 29.1 Å². The van der Waals surface area contributed by atoms with Gasteiger partial charge in [-0.05, 0) is 31.5 Å². The summed E-state index contributed by atoms with van der Waals surface area (Å²) in [6.07, 6.45) is 5.33. The predicted octanol–water partition coefficient (Wildman–Crippen LogP) is 2.27. The molecule has 104 valence electrons. The van der Waals surface area contributed by atoms with E-state index in [1.165, 1.54) is 12.3 Å². The minimum Gasteiger partial charge on any atom is -0.488 e. The zero-order valence-electron chi connectivity index (χ0n) is 10.9. The summed E-state index contributed by atoms with van der Waals surface area (Å²) in [7, 11) is 0. The van der Waals surface area contributed by atoms with E-state index >= 15 is 0 Å². The van der Waals surface area contributed by atoms with Crippen LogP contribution in [0.3, 0.4) is 0 Å². The highest BCUT2D eigenvalue weighted by molar-refractivity contribution is 5.94. The number of nitrogens with one attached hydrogen (secondary N) is 1. The second-order valence-corrected chi connectivity index (χ2v) is 4.85. The maximum Gasteiger partial charge on any atom is 0.279 e. The smallest absolute Gasteiger partial charge is 0.279 e. The number of rotatable bonds is 3. The molecule has 0 saturated carbocycles. The number of ether oxygens (including phenoxy) is 1. The molecule has 0 radical (unpaired) electrons. The van der Waals surface area contributed by atoms with Crippen LogP contribution >= 0.6 is 0 Å². The van der Waals surface area contributed by atoms with Crippen molar-refractivity contribution in [2.45, 2.75) is 18.9 Å². The molecule has 1 unspecified atom stereocenters. The Morgan fingerprint density at radius 3 is 3.00 bits per heavy atom. The minimum absolute atomic E-state index is 0.0576. The SMILES string of the molecule is O=[N+]([O-])c1ccc(OC2CCCNC2)c2ccncc12. The van der Waals surface area contributed by atoms with Gasteiger partial charge >= 0.3 is 0 Å². The van der Waals surface area contributed by atoms with Crippen molar-refractivity contribution in [3.63, 3.8) is 0 Å². The number of aromatic nitrogens is 1. The number of nitro benzene ring substituents is 1. The summed E-state index contributed by atoms with van der Waals surface area (Å²) in [6.45, 7) is 1.83. The summed E-state index contributed by atoms with van der Waals surface area (Å²) in [5.41, 5.74) is 0.0576. The van der Waals surface area contributed by atoms with Crippen molar-refractivity contribution in [1.82, 2.24) is 10.3 Å². The van der Waals surface area contributed by atoms with Crippen LogP contribution in [-0.2, 0) is 0 Å². The van der Waals surface area contributed by atoms with Crippen molar-refractivity contribution in [2.24, 2.45) is 0 Å². The topological polar surface area (TPSA) is 77.3 Å². The van der Waals surface area contributed by atoms with Gasteiger partial charge in [0.15, 0.2) is 0 Å². The fraction of sp³-hybridized carbons (Fsp3) is 0.357. The number of fused-ring (bicyclic) bond motifs is 1. The Morgan fingerprint density at radius 1 is 1.35 bits per heavy atom. The van der Waals surface area contributed by atoms with Crippen LogP contribution in [0.5, 0.6) is 5.75 Å². The lowest BCUT2D eigenvalue weighted by molar-refractivity contribution is -0.383. The van der Waals surface area contributed by atoms with Gasteiger partial charge in [0.2, 0.25) is 0 Å². The first-order chi connectivity index (χ1) is 9.75. The third-order valence-corrected chi connectivity index (χ3v) is 3.50. The summed E-state index contributed by atoms with van der Waals surface area (Å²) >= 11 is 0. The van der Waals surface area contributed by atoms with Crippen LogP contribution in [0.15, 0.2) is 30.6 Å². The Balaban J connectivity index is 1.99. The average Bonchev–Trinajstić information content (AvgIpc) is 2.48. The highest BCUT2D eigenvalue weighted by Gasteiger charge is 2.19. The zero-order valence-corrected chi connectivity index (χ0v) is 10.9. The monoisotopic (exact) mass is 273 g/mol. The van der Waals surface area contributed by atoms with E-state index in [0.717, 1.165) is 31.3 Å². The summed E-state index contributed by atoms with van der Waals surface area (Å²) in [6, 6.07) is 4.92. The molecule has 0 bridgehead atoms. The number of non-ortho nitro benzene ring substituents is 1. The lowest BCUT2D eigenvalue weighted by Crippen LogP contribution is -2.37. The molecular formula is C14H15N3O3. The van der Waals surface area contributed by atoms with Crippen LogP contribution < -0.4 is 10.1 Å². The van der Waals surface area contributed by atoms with Crippen LogP contribution in [0.4, 0.5) is 5.69 Å². The molecule has 6 nitrogen and oxygen atoms in total. The van der Waals surface area contributed by atoms with Gasteiger partial charge in [-0.1, -0.05) is 0 Å². The molecule has 2 aromatic rings. The van der Waals surface area contributed by atoms with E-state index in [9.17, 15) is 10.1 Å². The molecular weight excluding hydrogens is 258 g/mol. The molecule has 0 spiro atoms. The van der Waals surface area contributed by atoms with Gasteiger partial charge in [-0.3, -0.25) is 15.1 Å². The van der Waals surface area contributed by atoms with Gasteiger partial charge in [0, 0.05) is 30.4 Å². The van der Waals surface area contributed by atoms with Gasteiger partial charge in [-0.15, -0.1) is 0 Å². The first kappa shape index (κ1) is 12.8. The van der Waals surface area contributed by atoms with Crippen molar-refractivity contribution in [3.05, 3.63) is 40.7 Å². The van der Waals surface area contributed by atoms with Crippen molar-refractivity contribution in [2.75, 3.05) is 13.1 Å². The van der Waals surface area contributed by atoms with Gasteiger partial charge < -0.3 is 10.1 Å². The Labute approximate surface area is 115 Å². The highest BCUT2D eigenvalue weighted by Crippen LogP contribution is 2.33. The molecule has 0 amide bonds. The van der Waals surface area contributed by atoms with Crippen molar-refractivity contribution < 1.29 is 9.66 Å². The Bertz CT molecular complexity index is 639. The largest absolute Gasteiger partial charge is 0.488 e. The van der Waals surface area contributed by atoms with Crippen LogP contribution in [0, 0.1) is 10.1 Å². The maximum atomic E-state index is 11.0. The van der Waals surface area contributed by atoms with Crippen LogP contribution in [0.2, 0.25) is 0 Å². The number of nitrogens with zero attached hydrogens (tertiary/aromatic N) is 2. The van der Waals surface area contributed by atoms with Gasteiger partial charge in [0.1, 0.15) is 11.9 Å². The fourth-order valence-electron chi connectivity index (χ4n) is 2.51. The molecule has 0 aliphatic carbocycles. The average molecular weight is 273 g/mol. The van der Waals surface area contributed by atoms with E-state index < -0.39 is 4.92 Å². The number of benzene rings is 1. The molecule has 1 saturated heterocycles. The van der Waals surface area contributed by atoms with Gasteiger partial charge in [-0.25, -0.2) is 0 Å². The van der Waals surface area contributed by atoms with Crippen LogP contribution in [0.25, 0.3) is 10.8 Å². The quantitative estimate of drug-likeness (QED) is 0.685. The Hall–Kier alpha value is -2.21. The van der Waals surface area contributed by atoms with E-state index in [-0.39, 0.29) is 11.8 Å². The summed E-state index contributed by atoms with van der Waals surface area (Å²) < 4.78 is 5.99. The van der Waals surface area contributed by atoms with Crippen molar-refractivity contribution in [3.8, 4) is 5.75 Å². The zero-order chi connectivity index (χ0) is 13.9. The van der Waals surface area contributed by atoms with Gasteiger partial charge in [-0.2, -0.15) is 0 Å². The first-order valence-electron chi connectivity index (χ1n) is 6.64. The third kappa shape index (κ3) is 2.42. The second kappa shape index (κ2) is 5.42. The number of pyridine rings is 1. The summed E-state index contributed by atoms with van der Waals surface area (Å²) in [5.74, 6) is 0.682. The normalized spacial score (nSPS) is 18.9. The number of piperidine rings is 1. The Morgan fingerprint density at radius 2 is 2.25 bits per heavy atom. The molecule has 1 aliphatic heterocycles. The lowest BCUT2D eigenvalue weighted by atomic mass is 10.1. The molecule has 3 rings (SSSR count). The third-order valence-electron chi connectivity index (χ3n) is 3.50. The summed E-state index contributed by atoms with van der Waals surface area (Å²) in [5, 5.41) is 15.6. The van der Waals surface area contributed by atoms with Crippen LogP contribution in [0.1, 0.15) is 12.8 Å². The van der Waals surface area contributed by atoms with E-state index in [1.54, 1.807) is 18.3 Å². The van der Waals surface area contributed by atoms with Crippen molar-refractivity contribution in [1.29, 1.82) is 0 Å². The molecule has 1 aromatic carbocycles. The Kier molecular flexibility index (Phi) is 3.47. The molecule has 1 fully saturated rings. The van der Waals surface area contributed by atoms with Gasteiger partial charge in [0.05, 0.1) is 10.3 Å². The minimum atomic E-state index is -0.393. The molecule has 6 heteroatoms. The maximum absolute atomic E-state index is 11.0. The molecule has 2 heterocycles. The lowest BCUT2D eigenvalue weighted by Gasteiger charge is -2.24. The van der Waals surface area contributed by atoms with E-state index in [2.05, 4.69) is 10.3 Å². The predicted molar refractivity (Wildman–Crippen MR) is 74.9 cm³/mol. The number of nitro groups is 1. The van der Waals surface area contributed by atoms with E-state index in [1.807, 2.05) is 0 Å². The summed E-state index contributed by atoms with van der Waals surface area (Å²) in [4.78, 5) is 14.6. The molecule has 1 N–H and O–H groups in total. The molecule has 1 aliphatic rings. The second-order valence-electron chi connectivity index (χ2n) is 4.85. The highest BCUT2D eigenvalue weighted by atomic mass is 16.6. The number of hydrogen-bond donors (Lipinski definition) is 1. The van der Waals surface area contributed by atoms with E-state index in [4.69, 9.17) is 4.74 Å². The van der Waals surface area contributed by atoms with Crippen molar-refractivity contribution >= 4 is 16.5 Å². The number of hydrogen-bond acceptors (Lipinski definition) is 5. The molecule has 1 aromatic heterocycles. The standard InChI is InChI=1S/C14H15N3O3/c18-17(19)13-3-4-14(11-5-7-16-9-12(11)13)20-10-2-1-6-15-8-10/h3-5,7,9-10,15H,1-2,6,8H2. The first-order valence-corrected chi connectivity index (χ1v) is 6.64. The molecule has 1 atom stereocenters. The van der Waals surface area contributed by atoms with Gasteiger partial charge in [0.25, 0.3) is 5.69 Å². The van der Waals surface area contributed by atoms with E-state index in [0.29, 0.717) is 11.1 Å². The fourth-order valence-corrected chi connectivity index (χ4v) is 2.51.